The van der Waals surface area contributed by atoms with Gasteiger partial charge in [0, 0.05) is 13.0 Å². The highest BCUT2D eigenvalue weighted by atomic mass is 16.5. The molecule has 0 aliphatic rings. The summed E-state index contributed by atoms with van der Waals surface area (Å²) in [6, 6.07) is 15.5. The van der Waals surface area contributed by atoms with Crippen LogP contribution in [-0.2, 0) is 17.6 Å². The molecule has 1 amide bonds. The molecule has 0 radical (unpaired) electrons. The van der Waals surface area contributed by atoms with Gasteiger partial charge in [-0.1, -0.05) is 24.3 Å². The van der Waals surface area contributed by atoms with Crippen LogP contribution >= 0.6 is 0 Å². The highest BCUT2D eigenvalue weighted by Gasteiger charge is 2.03. The number of hydrogen-bond donors (Lipinski definition) is 1. The van der Waals surface area contributed by atoms with Gasteiger partial charge in [0.25, 0.3) is 0 Å². The molecular formula is C19H23NO4. The van der Waals surface area contributed by atoms with Gasteiger partial charge in [0.2, 0.25) is 0 Å². The predicted molar refractivity (Wildman–Crippen MR) is 92.7 cm³/mol. The van der Waals surface area contributed by atoms with Crippen LogP contribution in [-0.4, -0.2) is 33.5 Å². The largest absolute Gasteiger partial charge is 0.497 e. The van der Waals surface area contributed by atoms with Gasteiger partial charge in [-0.3, -0.25) is 0 Å². The molecule has 0 saturated heterocycles. The molecule has 0 unspecified atom stereocenters. The fraction of sp³-hybridized carbons (Fsp3) is 0.316. The van der Waals surface area contributed by atoms with Crippen molar-refractivity contribution in [2.75, 3.05) is 27.4 Å². The molecule has 128 valence electrons. The van der Waals surface area contributed by atoms with Crippen molar-refractivity contribution < 1.29 is 19.0 Å². The number of benzene rings is 2. The van der Waals surface area contributed by atoms with Crippen molar-refractivity contribution in [2.45, 2.75) is 12.8 Å². The van der Waals surface area contributed by atoms with Crippen molar-refractivity contribution in [1.29, 1.82) is 0 Å². The SMILES string of the molecule is COc1ccc(CCNC(=O)OCCc2cccc(OC)c2)cc1. The lowest BCUT2D eigenvalue weighted by atomic mass is 10.1. The first kappa shape index (κ1) is 17.7. The predicted octanol–water partition coefficient (Wildman–Crippen LogP) is 3.22. The number of carbonyl (C=O) groups is 1. The first-order valence-electron chi connectivity index (χ1n) is 7.88. The van der Waals surface area contributed by atoms with E-state index in [2.05, 4.69) is 5.32 Å². The van der Waals surface area contributed by atoms with Crippen LogP contribution in [0.4, 0.5) is 4.79 Å². The molecule has 0 aromatic heterocycles. The van der Waals surface area contributed by atoms with Crippen LogP contribution in [0.15, 0.2) is 48.5 Å². The number of rotatable bonds is 8. The van der Waals surface area contributed by atoms with Crippen LogP contribution < -0.4 is 14.8 Å². The average Bonchev–Trinajstić information content (AvgIpc) is 2.62. The third-order valence-corrected chi connectivity index (χ3v) is 3.60. The number of amides is 1. The van der Waals surface area contributed by atoms with E-state index in [0.29, 0.717) is 19.6 Å². The Kier molecular flexibility index (Phi) is 6.95. The first-order valence-corrected chi connectivity index (χ1v) is 7.88. The Morgan fingerprint density at radius 3 is 2.38 bits per heavy atom. The van der Waals surface area contributed by atoms with Crippen LogP contribution in [0.5, 0.6) is 11.5 Å². The lowest BCUT2D eigenvalue weighted by Gasteiger charge is -2.08. The van der Waals surface area contributed by atoms with Gasteiger partial charge in [-0.2, -0.15) is 0 Å². The van der Waals surface area contributed by atoms with Gasteiger partial charge >= 0.3 is 6.09 Å². The third kappa shape index (κ3) is 5.83. The maximum Gasteiger partial charge on any atom is 0.407 e. The summed E-state index contributed by atoms with van der Waals surface area (Å²) in [7, 11) is 3.27. The van der Waals surface area contributed by atoms with Crippen LogP contribution in [0, 0.1) is 0 Å². The molecule has 5 heteroatoms. The highest BCUT2D eigenvalue weighted by Crippen LogP contribution is 2.13. The zero-order chi connectivity index (χ0) is 17.2. The van der Waals surface area contributed by atoms with Crippen LogP contribution in [0.25, 0.3) is 0 Å². The van der Waals surface area contributed by atoms with Gasteiger partial charge in [-0.25, -0.2) is 4.79 Å². The summed E-state index contributed by atoms with van der Waals surface area (Å²) < 4.78 is 15.5. The molecule has 5 nitrogen and oxygen atoms in total. The van der Waals surface area contributed by atoms with Crippen LogP contribution in [0.1, 0.15) is 11.1 Å². The Morgan fingerprint density at radius 1 is 0.917 bits per heavy atom. The van der Waals surface area contributed by atoms with Crippen molar-refractivity contribution in [2.24, 2.45) is 0 Å². The van der Waals surface area contributed by atoms with Crippen molar-refractivity contribution in [3.05, 3.63) is 59.7 Å². The minimum Gasteiger partial charge on any atom is -0.497 e. The fourth-order valence-corrected chi connectivity index (χ4v) is 2.24. The van der Waals surface area contributed by atoms with Gasteiger partial charge in [-0.15, -0.1) is 0 Å². The molecule has 0 aliphatic heterocycles. The van der Waals surface area contributed by atoms with E-state index in [1.165, 1.54) is 0 Å². The molecule has 0 atom stereocenters. The van der Waals surface area contributed by atoms with Crippen molar-refractivity contribution in [3.63, 3.8) is 0 Å². The topological polar surface area (TPSA) is 56.8 Å². The molecule has 2 aromatic carbocycles. The Balaban J connectivity index is 1.64. The summed E-state index contributed by atoms with van der Waals surface area (Å²) in [4.78, 5) is 11.7. The summed E-state index contributed by atoms with van der Waals surface area (Å²) >= 11 is 0. The first-order chi connectivity index (χ1) is 11.7. The monoisotopic (exact) mass is 329 g/mol. The molecule has 24 heavy (non-hydrogen) atoms. The summed E-state index contributed by atoms with van der Waals surface area (Å²) in [6.07, 6.45) is 1.00. The van der Waals surface area contributed by atoms with Crippen molar-refractivity contribution >= 4 is 6.09 Å². The Hall–Kier alpha value is -2.69. The molecule has 1 N–H and O–H groups in total. The molecule has 0 fully saturated rings. The number of methoxy groups -OCH3 is 2. The summed E-state index contributed by atoms with van der Waals surface area (Å²) in [5.74, 6) is 1.63. The lowest BCUT2D eigenvalue weighted by molar-refractivity contribution is 0.147. The molecule has 0 aliphatic carbocycles. The maximum atomic E-state index is 11.7. The third-order valence-electron chi connectivity index (χ3n) is 3.60. The van der Waals surface area contributed by atoms with E-state index in [-0.39, 0.29) is 0 Å². The van der Waals surface area contributed by atoms with E-state index in [1.54, 1.807) is 14.2 Å². The van der Waals surface area contributed by atoms with E-state index in [1.807, 2.05) is 48.5 Å². The number of hydrogen-bond acceptors (Lipinski definition) is 4. The van der Waals surface area contributed by atoms with Crippen LogP contribution in [0.2, 0.25) is 0 Å². The maximum absolute atomic E-state index is 11.7. The molecule has 0 bridgehead atoms. The highest BCUT2D eigenvalue weighted by molar-refractivity contribution is 5.67. The van der Waals surface area contributed by atoms with E-state index >= 15 is 0 Å². The van der Waals surface area contributed by atoms with E-state index in [4.69, 9.17) is 14.2 Å². The van der Waals surface area contributed by atoms with Crippen molar-refractivity contribution in [3.8, 4) is 11.5 Å². The molecule has 2 aromatic rings. The van der Waals surface area contributed by atoms with Gasteiger partial charge < -0.3 is 19.5 Å². The molecule has 0 heterocycles. The van der Waals surface area contributed by atoms with E-state index < -0.39 is 6.09 Å². The normalized spacial score (nSPS) is 10.1. The summed E-state index contributed by atoms with van der Waals surface area (Å²) in [5, 5.41) is 2.75. The fourth-order valence-electron chi connectivity index (χ4n) is 2.24. The summed E-state index contributed by atoms with van der Waals surface area (Å²) in [6.45, 7) is 0.867. The molecular weight excluding hydrogens is 306 g/mol. The second kappa shape index (κ2) is 9.45. The summed E-state index contributed by atoms with van der Waals surface area (Å²) in [5.41, 5.74) is 2.20. The standard InChI is InChI=1S/C19H23NO4/c1-22-17-8-6-15(7-9-17)10-12-20-19(21)24-13-11-16-4-3-5-18(14-16)23-2/h3-9,14H,10-13H2,1-2H3,(H,20,21). The number of carbonyl (C=O) groups excluding carboxylic acids is 1. The Labute approximate surface area is 142 Å². The lowest BCUT2D eigenvalue weighted by Crippen LogP contribution is -2.27. The second-order valence-corrected chi connectivity index (χ2v) is 5.26. The van der Waals surface area contributed by atoms with Gasteiger partial charge in [0.15, 0.2) is 0 Å². The Bertz CT molecular complexity index is 640. The quantitative estimate of drug-likeness (QED) is 0.808. The van der Waals surface area contributed by atoms with Gasteiger partial charge in [-0.05, 0) is 41.8 Å². The second-order valence-electron chi connectivity index (χ2n) is 5.26. The average molecular weight is 329 g/mol. The zero-order valence-corrected chi connectivity index (χ0v) is 14.1. The molecule has 0 spiro atoms. The van der Waals surface area contributed by atoms with E-state index in [9.17, 15) is 4.79 Å². The van der Waals surface area contributed by atoms with Crippen molar-refractivity contribution in [1.82, 2.24) is 5.32 Å². The minimum atomic E-state index is -0.397. The van der Waals surface area contributed by atoms with E-state index in [0.717, 1.165) is 29.0 Å². The van der Waals surface area contributed by atoms with Crippen LogP contribution in [0.3, 0.4) is 0 Å². The smallest absolute Gasteiger partial charge is 0.407 e. The minimum absolute atomic E-state index is 0.335. The molecule has 2 rings (SSSR count). The Morgan fingerprint density at radius 2 is 1.67 bits per heavy atom. The molecule has 0 saturated carbocycles. The van der Waals surface area contributed by atoms with Gasteiger partial charge in [0.1, 0.15) is 11.5 Å². The van der Waals surface area contributed by atoms with Gasteiger partial charge in [0.05, 0.1) is 20.8 Å². The number of alkyl carbamates (subject to hydrolysis) is 1. The number of ether oxygens (including phenoxy) is 3. The number of nitrogens with one attached hydrogen (secondary N) is 1. The zero-order valence-electron chi connectivity index (χ0n) is 14.1.